The van der Waals surface area contributed by atoms with Crippen LogP contribution in [0.2, 0.25) is 0 Å². The van der Waals surface area contributed by atoms with Crippen LogP contribution in [0.5, 0.6) is 0 Å². The maximum absolute atomic E-state index is 10.9. The second-order valence-electron chi connectivity index (χ2n) is 1.91. The molecule has 5 nitrogen and oxygen atoms in total. The summed E-state index contributed by atoms with van der Waals surface area (Å²) in [5.74, 6) is -2.01. The third-order valence-corrected chi connectivity index (χ3v) is 1.15. The minimum Gasteiger partial charge on any atom is -0.294 e. The zero-order valence-corrected chi connectivity index (χ0v) is 5.93. The van der Waals surface area contributed by atoms with Crippen LogP contribution in [0.15, 0.2) is 18.6 Å². The van der Waals surface area contributed by atoms with Crippen LogP contribution < -0.4 is 0 Å². The van der Waals surface area contributed by atoms with Gasteiger partial charge in [0.15, 0.2) is 6.29 Å². The molecule has 60 valence electrons. The van der Waals surface area contributed by atoms with Crippen molar-refractivity contribution in [3.8, 4) is 0 Å². The molecule has 0 unspecified atom stereocenters. The number of ketones is 2. The monoisotopic (exact) mass is 164 g/mol. The van der Waals surface area contributed by atoms with Crippen LogP contribution in [0, 0.1) is 0 Å². The Bertz CT molecular complexity index is 321. The summed E-state index contributed by atoms with van der Waals surface area (Å²) in [7, 11) is 0. The Morgan fingerprint density at radius 1 is 1.42 bits per heavy atom. The van der Waals surface area contributed by atoms with E-state index in [0.29, 0.717) is 0 Å². The fourth-order valence-corrected chi connectivity index (χ4v) is 0.605. The lowest BCUT2D eigenvalue weighted by molar-refractivity contribution is -0.126. The third kappa shape index (κ3) is 1.57. The van der Waals surface area contributed by atoms with Crippen molar-refractivity contribution in [2.75, 3.05) is 0 Å². The zero-order valence-electron chi connectivity index (χ0n) is 5.93. The molecule has 0 amide bonds. The first-order valence-electron chi connectivity index (χ1n) is 3.05. The Morgan fingerprint density at radius 3 is 2.67 bits per heavy atom. The molecule has 1 aromatic heterocycles. The number of rotatable bonds is 3. The Hall–Kier alpha value is -1.91. The minimum atomic E-state index is -1.10. The normalized spacial score (nSPS) is 9.00. The molecule has 0 aliphatic rings. The van der Waals surface area contributed by atoms with Gasteiger partial charge in [0.25, 0.3) is 11.6 Å². The molecule has 0 spiro atoms. The van der Waals surface area contributed by atoms with Gasteiger partial charge in [0.05, 0.1) is 0 Å². The highest BCUT2D eigenvalue weighted by atomic mass is 16.2. The highest BCUT2D eigenvalue weighted by Gasteiger charge is 2.15. The van der Waals surface area contributed by atoms with Crippen LogP contribution in [-0.4, -0.2) is 27.8 Å². The topological polar surface area (TPSA) is 77.0 Å². The van der Waals surface area contributed by atoms with Crippen molar-refractivity contribution in [1.82, 2.24) is 9.97 Å². The van der Waals surface area contributed by atoms with Gasteiger partial charge < -0.3 is 0 Å². The Morgan fingerprint density at radius 2 is 2.17 bits per heavy atom. The van der Waals surface area contributed by atoms with E-state index in [2.05, 4.69) is 9.97 Å². The van der Waals surface area contributed by atoms with Gasteiger partial charge in [0.1, 0.15) is 12.0 Å². The number of carbonyl (C=O) groups is 3. The highest BCUT2D eigenvalue weighted by molar-refractivity contribution is 6.61. The quantitative estimate of drug-likeness (QED) is 0.258. The van der Waals surface area contributed by atoms with Crippen molar-refractivity contribution in [3.63, 3.8) is 0 Å². The number of carbonyl (C=O) groups excluding carboxylic acids is 3. The van der Waals surface area contributed by atoms with Crippen LogP contribution >= 0.6 is 0 Å². The van der Waals surface area contributed by atoms with Crippen molar-refractivity contribution in [2.45, 2.75) is 0 Å². The summed E-state index contributed by atoms with van der Waals surface area (Å²) in [6.45, 7) is 0. The molecule has 0 bridgehead atoms. The van der Waals surface area contributed by atoms with Crippen molar-refractivity contribution in [1.29, 1.82) is 0 Å². The molecular weight excluding hydrogens is 160 g/mol. The van der Waals surface area contributed by atoms with Crippen LogP contribution in [0.1, 0.15) is 10.5 Å². The van der Waals surface area contributed by atoms with Crippen LogP contribution in [0.3, 0.4) is 0 Å². The van der Waals surface area contributed by atoms with Crippen molar-refractivity contribution < 1.29 is 14.4 Å². The number of aldehydes is 1. The third-order valence-electron chi connectivity index (χ3n) is 1.15. The molecule has 1 rings (SSSR count). The van der Waals surface area contributed by atoms with E-state index in [1.807, 2.05) is 0 Å². The number of nitrogens with zero attached hydrogens (tertiary/aromatic N) is 2. The summed E-state index contributed by atoms with van der Waals surface area (Å²) in [6.07, 6.45) is 2.41. The molecule has 1 aromatic rings. The molecule has 0 aliphatic heterocycles. The summed E-state index contributed by atoms with van der Waals surface area (Å²) in [5.41, 5.74) is -0.0675. The molecule has 5 heteroatoms. The SMILES string of the molecule is O=CC(=O)C(=O)c1ccncn1. The average molecular weight is 164 g/mol. The lowest BCUT2D eigenvalue weighted by atomic mass is 10.2. The van der Waals surface area contributed by atoms with Crippen LogP contribution in [-0.2, 0) is 9.59 Å². The predicted molar refractivity (Wildman–Crippen MR) is 37.4 cm³/mol. The van der Waals surface area contributed by atoms with Gasteiger partial charge in [-0.2, -0.15) is 0 Å². The van der Waals surface area contributed by atoms with Gasteiger partial charge in [0.2, 0.25) is 0 Å². The van der Waals surface area contributed by atoms with E-state index < -0.39 is 11.6 Å². The van der Waals surface area contributed by atoms with E-state index >= 15 is 0 Å². The molecular formula is C7H4N2O3. The van der Waals surface area contributed by atoms with Crippen molar-refractivity contribution in [2.24, 2.45) is 0 Å². The molecule has 0 atom stereocenters. The first-order chi connectivity index (χ1) is 5.75. The van der Waals surface area contributed by atoms with Crippen LogP contribution in [0.25, 0.3) is 0 Å². The van der Waals surface area contributed by atoms with E-state index in [1.165, 1.54) is 12.3 Å². The molecule has 0 fully saturated rings. The zero-order chi connectivity index (χ0) is 8.97. The standard InChI is InChI=1S/C7H4N2O3/c10-3-6(11)7(12)5-1-2-8-4-9-5/h1-4H. The molecule has 0 N–H and O–H groups in total. The Kier molecular flexibility index (Phi) is 2.37. The lowest BCUT2D eigenvalue weighted by Gasteiger charge is -1.90. The van der Waals surface area contributed by atoms with Crippen molar-refractivity contribution >= 4 is 17.9 Å². The van der Waals surface area contributed by atoms with Gasteiger partial charge in [-0.15, -0.1) is 0 Å². The van der Waals surface area contributed by atoms with E-state index in [9.17, 15) is 14.4 Å². The van der Waals surface area contributed by atoms with Crippen LogP contribution in [0.4, 0.5) is 0 Å². The van der Waals surface area contributed by atoms with E-state index in [0.717, 1.165) is 6.33 Å². The highest BCUT2D eigenvalue weighted by Crippen LogP contribution is 1.92. The summed E-state index contributed by atoms with van der Waals surface area (Å²) in [5, 5.41) is 0. The number of hydrogen-bond acceptors (Lipinski definition) is 5. The molecule has 0 saturated heterocycles. The minimum absolute atomic E-state index is 0.0373. The van der Waals surface area contributed by atoms with Gasteiger partial charge in [-0.05, 0) is 6.07 Å². The predicted octanol–water partition coefficient (Wildman–Crippen LogP) is -0.573. The number of aromatic nitrogens is 2. The molecule has 1 heterocycles. The smallest absolute Gasteiger partial charge is 0.267 e. The lowest BCUT2D eigenvalue weighted by Crippen LogP contribution is -2.16. The Labute approximate surface area is 67.5 Å². The fourth-order valence-electron chi connectivity index (χ4n) is 0.605. The molecule has 0 aromatic carbocycles. The Balaban J connectivity index is 2.93. The first kappa shape index (κ1) is 8.19. The average Bonchev–Trinajstić information content (AvgIpc) is 2.17. The van der Waals surface area contributed by atoms with Crippen molar-refractivity contribution in [3.05, 3.63) is 24.3 Å². The second kappa shape index (κ2) is 3.47. The first-order valence-corrected chi connectivity index (χ1v) is 3.05. The van der Waals surface area contributed by atoms with Gasteiger partial charge in [-0.1, -0.05) is 0 Å². The number of hydrogen-bond donors (Lipinski definition) is 0. The van der Waals surface area contributed by atoms with E-state index in [1.54, 1.807) is 0 Å². The summed E-state index contributed by atoms with van der Waals surface area (Å²) in [4.78, 5) is 38.4. The summed E-state index contributed by atoms with van der Waals surface area (Å²) in [6, 6.07) is 1.27. The maximum Gasteiger partial charge on any atom is 0.267 e. The second-order valence-corrected chi connectivity index (χ2v) is 1.91. The molecule has 0 saturated carbocycles. The number of Topliss-reactive ketones (excluding diaryl/α,β-unsaturated/α-hetero) is 2. The van der Waals surface area contributed by atoms with Gasteiger partial charge in [0, 0.05) is 6.20 Å². The van der Waals surface area contributed by atoms with E-state index in [-0.39, 0.29) is 12.0 Å². The summed E-state index contributed by atoms with van der Waals surface area (Å²) >= 11 is 0. The molecule has 0 radical (unpaired) electrons. The maximum atomic E-state index is 10.9. The fraction of sp³-hybridized carbons (Fsp3) is 0. The molecule has 0 aliphatic carbocycles. The van der Waals surface area contributed by atoms with Gasteiger partial charge in [-0.3, -0.25) is 14.4 Å². The van der Waals surface area contributed by atoms with Gasteiger partial charge >= 0.3 is 0 Å². The summed E-state index contributed by atoms with van der Waals surface area (Å²) < 4.78 is 0. The van der Waals surface area contributed by atoms with E-state index in [4.69, 9.17) is 0 Å². The molecule has 12 heavy (non-hydrogen) atoms. The largest absolute Gasteiger partial charge is 0.294 e. The van der Waals surface area contributed by atoms with Gasteiger partial charge in [-0.25, -0.2) is 9.97 Å².